The molecule has 1 fully saturated rings. The minimum Gasteiger partial charge on any atom is -0.370 e. The van der Waals surface area contributed by atoms with Crippen LogP contribution in [-0.4, -0.2) is 33.9 Å². The van der Waals surface area contributed by atoms with E-state index in [1.165, 1.54) is 0 Å². The van der Waals surface area contributed by atoms with Crippen molar-refractivity contribution in [2.75, 3.05) is 18.4 Å². The van der Waals surface area contributed by atoms with Gasteiger partial charge in [-0.1, -0.05) is 13.3 Å². The van der Waals surface area contributed by atoms with Crippen LogP contribution in [0, 0.1) is 6.92 Å². The van der Waals surface area contributed by atoms with Crippen LogP contribution in [-0.2, 0) is 11.3 Å². The Hall–Kier alpha value is -1.65. The fraction of sp³-hybridized carbons (Fsp3) is 0.667. The number of anilines is 1. The molecule has 0 bridgehead atoms. The summed E-state index contributed by atoms with van der Waals surface area (Å²) in [5.41, 5.74) is 0.941. The summed E-state index contributed by atoms with van der Waals surface area (Å²) in [6.45, 7) is 6.35. The number of rotatable bonds is 5. The zero-order valence-electron chi connectivity index (χ0n) is 12.5. The van der Waals surface area contributed by atoms with Gasteiger partial charge in [-0.15, -0.1) is 0 Å². The number of nitrogens with one attached hydrogen (secondary N) is 1. The van der Waals surface area contributed by atoms with E-state index in [1.54, 1.807) is 0 Å². The number of likely N-dealkylation sites (tertiary alicyclic amines) is 1. The Morgan fingerprint density at radius 1 is 1.30 bits per heavy atom. The molecule has 1 saturated heterocycles. The van der Waals surface area contributed by atoms with Crippen molar-refractivity contribution in [2.45, 2.75) is 52.5 Å². The zero-order valence-corrected chi connectivity index (χ0v) is 12.5. The van der Waals surface area contributed by atoms with Crippen LogP contribution in [0.3, 0.4) is 0 Å². The molecule has 1 amide bonds. The van der Waals surface area contributed by atoms with E-state index in [-0.39, 0.29) is 5.91 Å². The number of nitrogens with zero attached hydrogens (tertiary/aromatic N) is 3. The van der Waals surface area contributed by atoms with Crippen molar-refractivity contribution in [2.24, 2.45) is 0 Å². The molecule has 0 radical (unpaired) electrons. The highest BCUT2D eigenvalue weighted by Crippen LogP contribution is 2.14. The van der Waals surface area contributed by atoms with Gasteiger partial charge in [-0.3, -0.25) is 4.79 Å². The highest BCUT2D eigenvalue weighted by molar-refractivity contribution is 5.76. The van der Waals surface area contributed by atoms with E-state index in [1.807, 2.05) is 17.9 Å². The van der Waals surface area contributed by atoms with Crippen LogP contribution in [0.5, 0.6) is 0 Å². The summed E-state index contributed by atoms with van der Waals surface area (Å²) in [7, 11) is 0. The van der Waals surface area contributed by atoms with Crippen LogP contribution in [0.4, 0.5) is 5.82 Å². The monoisotopic (exact) mass is 276 g/mol. The lowest BCUT2D eigenvalue weighted by molar-refractivity contribution is -0.131. The second-order valence-corrected chi connectivity index (χ2v) is 5.36. The van der Waals surface area contributed by atoms with Crippen molar-refractivity contribution >= 4 is 11.7 Å². The Bertz CT molecular complexity index is 461. The van der Waals surface area contributed by atoms with Gasteiger partial charge in [0.15, 0.2) is 0 Å². The highest BCUT2D eigenvalue weighted by atomic mass is 16.2. The number of hydrogen-bond acceptors (Lipinski definition) is 4. The first kappa shape index (κ1) is 14.8. The molecule has 20 heavy (non-hydrogen) atoms. The second-order valence-electron chi connectivity index (χ2n) is 5.36. The van der Waals surface area contributed by atoms with Crippen molar-refractivity contribution < 1.29 is 4.79 Å². The molecule has 1 N–H and O–H groups in total. The molecule has 2 rings (SSSR count). The number of carbonyl (C=O) groups is 1. The van der Waals surface area contributed by atoms with Crippen LogP contribution < -0.4 is 5.32 Å². The molecule has 0 unspecified atom stereocenters. The van der Waals surface area contributed by atoms with E-state index < -0.39 is 0 Å². The van der Waals surface area contributed by atoms with Gasteiger partial charge in [-0.2, -0.15) is 0 Å². The Kier molecular flexibility index (Phi) is 5.32. The molecular formula is C15H24N4O. The second kappa shape index (κ2) is 7.22. The molecular weight excluding hydrogens is 252 g/mol. The molecule has 0 spiro atoms. The zero-order chi connectivity index (χ0) is 14.4. The molecule has 1 aromatic heterocycles. The Morgan fingerprint density at radius 2 is 2.15 bits per heavy atom. The van der Waals surface area contributed by atoms with Gasteiger partial charge in [0.05, 0.1) is 6.54 Å². The first-order chi connectivity index (χ1) is 9.69. The van der Waals surface area contributed by atoms with Gasteiger partial charge >= 0.3 is 0 Å². The topological polar surface area (TPSA) is 58.1 Å². The quantitative estimate of drug-likeness (QED) is 0.897. The third-order valence-corrected chi connectivity index (χ3v) is 3.46. The number of amides is 1. The minimum atomic E-state index is 0.232. The fourth-order valence-corrected chi connectivity index (χ4v) is 2.42. The van der Waals surface area contributed by atoms with Crippen LogP contribution in [0.15, 0.2) is 6.07 Å². The summed E-state index contributed by atoms with van der Waals surface area (Å²) in [4.78, 5) is 22.9. The van der Waals surface area contributed by atoms with Gasteiger partial charge in [0.25, 0.3) is 0 Å². The predicted molar refractivity (Wildman–Crippen MR) is 79.4 cm³/mol. The standard InChI is InChI=1S/C15H24N4O/c1-3-8-16-13-10-12(2)17-14(18-13)11-19-9-6-4-5-7-15(19)20/h10H,3-9,11H2,1-2H3,(H,16,17,18). The van der Waals surface area contributed by atoms with E-state index in [0.29, 0.717) is 13.0 Å². The molecule has 2 heterocycles. The average Bonchev–Trinajstić information content (AvgIpc) is 2.61. The normalized spacial score (nSPS) is 16.1. The van der Waals surface area contributed by atoms with E-state index in [0.717, 1.165) is 56.1 Å². The first-order valence-corrected chi connectivity index (χ1v) is 7.55. The molecule has 0 aliphatic carbocycles. The molecule has 1 aromatic rings. The van der Waals surface area contributed by atoms with Gasteiger partial charge in [-0.05, 0) is 26.2 Å². The Balaban J connectivity index is 2.07. The number of hydrogen-bond donors (Lipinski definition) is 1. The van der Waals surface area contributed by atoms with E-state index in [4.69, 9.17) is 0 Å². The lowest BCUT2D eigenvalue weighted by atomic mass is 10.2. The minimum absolute atomic E-state index is 0.232. The summed E-state index contributed by atoms with van der Waals surface area (Å²) in [5.74, 6) is 1.83. The fourth-order valence-electron chi connectivity index (χ4n) is 2.42. The van der Waals surface area contributed by atoms with Gasteiger partial charge in [0, 0.05) is 31.3 Å². The highest BCUT2D eigenvalue weighted by Gasteiger charge is 2.18. The number of aryl methyl sites for hydroxylation is 1. The van der Waals surface area contributed by atoms with E-state index in [9.17, 15) is 4.79 Å². The van der Waals surface area contributed by atoms with Crippen molar-refractivity contribution in [1.82, 2.24) is 14.9 Å². The molecule has 1 aliphatic rings. The van der Waals surface area contributed by atoms with Crippen LogP contribution in [0.2, 0.25) is 0 Å². The predicted octanol–water partition coefficient (Wildman–Crippen LogP) is 2.51. The molecule has 5 nitrogen and oxygen atoms in total. The third kappa shape index (κ3) is 4.18. The third-order valence-electron chi connectivity index (χ3n) is 3.46. The van der Waals surface area contributed by atoms with Crippen molar-refractivity contribution in [1.29, 1.82) is 0 Å². The van der Waals surface area contributed by atoms with Crippen LogP contribution in [0.25, 0.3) is 0 Å². The largest absolute Gasteiger partial charge is 0.370 e. The Morgan fingerprint density at radius 3 is 2.95 bits per heavy atom. The summed E-state index contributed by atoms with van der Waals surface area (Å²) >= 11 is 0. The molecule has 110 valence electrons. The average molecular weight is 276 g/mol. The lowest BCUT2D eigenvalue weighted by Crippen LogP contribution is -2.30. The first-order valence-electron chi connectivity index (χ1n) is 7.55. The van der Waals surface area contributed by atoms with Crippen molar-refractivity contribution in [3.05, 3.63) is 17.6 Å². The maximum atomic E-state index is 12.0. The molecule has 1 aliphatic heterocycles. The maximum absolute atomic E-state index is 12.0. The van der Waals surface area contributed by atoms with Gasteiger partial charge in [0.2, 0.25) is 5.91 Å². The summed E-state index contributed by atoms with van der Waals surface area (Å²) in [6, 6.07) is 1.95. The molecule has 0 aromatic carbocycles. The summed E-state index contributed by atoms with van der Waals surface area (Å²) in [5, 5.41) is 3.28. The van der Waals surface area contributed by atoms with Gasteiger partial charge in [0.1, 0.15) is 11.6 Å². The van der Waals surface area contributed by atoms with Crippen molar-refractivity contribution in [3.8, 4) is 0 Å². The number of carbonyl (C=O) groups excluding carboxylic acids is 1. The van der Waals surface area contributed by atoms with Gasteiger partial charge in [-0.25, -0.2) is 9.97 Å². The van der Waals surface area contributed by atoms with Crippen LogP contribution in [0.1, 0.15) is 50.5 Å². The van der Waals surface area contributed by atoms with Crippen molar-refractivity contribution in [3.63, 3.8) is 0 Å². The SMILES string of the molecule is CCCNc1cc(C)nc(CN2CCCCCC2=O)n1. The molecule has 0 saturated carbocycles. The maximum Gasteiger partial charge on any atom is 0.222 e. The van der Waals surface area contributed by atoms with Gasteiger partial charge < -0.3 is 10.2 Å². The summed E-state index contributed by atoms with van der Waals surface area (Å²) in [6.07, 6.45) is 4.95. The number of aromatic nitrogens is 2. The molecule has 5 heteroatoms. The van der Waals surface area contributed by atoms with Crippen LogP contribution >= 0.6 is 0 Å². The smallest absolute Gasteiger partial charge is 0.222 e. The summed E-state index contributed by atoms with van der Waals surface area (Å²) < 4.78 is 0. The Labute approximate surface area is 120 Å². The van der Waals surface area contributed by atoms with E-state index >= 15 is 0 Å². The molecule has 0 atom stereocenters. The van der Waals surface area contributed by atoms with E-state index in [2.05, 4.69) is 22.2 Å². The lowest BCUT2D eigenvalue weighted by Gasteiger charge is -2.20.